The van der Waals surface area contributed by atoms with Crippen molar-refractivity contribution < 1.29 is 0 Å². The molecule has 0 heterocycles. The van der Waals surface area contributed by atoms with E-state index in [0.29, 0.717) is 0 Å². The Kier molecular flexibility index (Phi) is 6.20. The van der Waals surface area contributed by atoms with Crippen molar-refractivity contribution in [3.8, 4) is 0 Å². The molecule has 14 heavy (non-hydrogen) atoms. The van der Waals surface area contributed by atoms with Crippen molar-refractivity contribution in [3.05, 3.63) is 0 Å². The highest BCUT2D eigenvalue weighted by molar-refractivity contribution is 4.73. The van der Waals surface area contributed by atoms with E-state index in [-0.39, 0.29) is 0 Å². The SMILES string of the molecule is CCC[N]N(CCC)C1CCCCC1. The molecule has 0 aromatic carbocycles. The van der Waals surface area contributed by atoms with Crippen molar-refractivity contribution >= 4 is 0 Å². The zero-order chi connectivity index (χ0) is 10.2. The molecule has 1 radical (unpaired) electrons. The van der Waals surface area contributed by atoms with Crippen LogP contribution in [-0.2, 0) is 0 Å². The molecule has 0 aromatic heterocycles. The molecule has 1 aliphatic rings. The van der Waals surface area contributed by atoms with Gasteiger partial charge in [0.05, 0.1) is 0 Å². The van der Waals surface area contributed by atoms with Gasteiger partial charge in [-0.25, -0.2) is 5.01 Å². The van der Waals surface area contributed by atoms with Crippen LogP contribution in [-0.4, -0.2) is 24.1 Å². The van der Waals surface area contributed by atoms with Gasteiger partial charge in [-0.2, -0.15) is 5.43 Å². The van der Waals surface area contributed by atoms with E-state index in [2.05, 4.69) is 24.3 Å². The minimum Gasteiger partial charge on any atom is -0.224 e. The maximum absolute atomic E-state index is 4.69. The molecule has 0 saturated heterocycles. The highest BCUT2D eigenvalue weighted by atomic mass is 15.5. The summed E-state index contributed by atoms with van der Waals surface area (Å²) in [7, 11) is 0. The first-order chi connectivity index (χ1) is 6.88. The lowest BCUT2D eigenvalue weighted by molar-refractivity contribution is 0.0896. The van der Waals surface area contributed by atoms with E-state index in [1.807, 2.05) is 0 Å². The van der Waals surface area contributed by atoms with Gasteiger partial charge in [0.2, 0.25) is 0 Å². The molecule has 1 fully saturated rings. The fourth-order valence-electron chi connectivity index (χ4n) is 2.21. The lowest BCUT2D eigenvalue weighted by Gasteiger charge is -2.32. The molecule has 0 N–H and O–H groups in total. The van der Waals surface area contributed by atoms with Gasteiger partial charge < -0.3 is 0 Å². The molecule has 0 aliphatic heterocycles. The van der Waals surface area contributed by atoms with Crippen LogP contribution in [0.25, 0.3) is 0 Å². The van der Waals surface area contributed by atoms with Crippen molar-refractivity contribution in [2.24, 2.45) is 0 Å². The monoisotopic (exact) mass is 197 g/mol. The van der Waals surface area contributed by atoms with E-state index < -0.39 is 0 Å². The van der Waals surface area contributed by atoms with Gasteiger partial charge >= 0.3 is 0 Å². The fourth-order valence-corrected chi connectivity index (χ4v) is 2.21. The molecular formula is C12H25N2. The molecule has 0 spiro atoms. The Morgan fingerprint density at radius 3 is 2.36 bits per heavy atom. The van der Waals surface area contributed by atoms with Gasteiger partial charge in [-0.1, -0.05) is 33.1 Å². The van der Waals surface area contributed by atoms with E-state index in [1.165, 1.54) is 44.9 Å². The Morgan fingerprint density at radius 2 is 1.79 bits per heavy atom. The summed E-state index contributed by atoms with van der Waals surface area (Å²) < 4.78 is 0. The molecule has 2 heteroatoms. The second-order valence-electron chi connectivity index (χ2n) is 4.32. The smallest absolute Gasteiger partial charge is 0.0304 e. The van der Waals surface area contributed by atoms with Gasteiger partial charge in [0.25, 0.3) is 0 Å². The van der Waals surface area contributed by atoms with E-state index in [9.17, 15) is 0 Å². The normalized spacial score (nSPS) is 19.1. The Balaban J connectivity index is 2.30. The van der Waals surface area contributed by atoms with Crippen molar-refractivity contribution in [1.29, 1.82) is 0 Å². The van der Waals surface area contributed by atoms with Gasteiger partial charge in [-0.3, -0.25) is 0 Å². The van der Waals surface area contributed by atoms with Crippen LogP contribution in [0.5, 0.6) is 0 Å². The topological polar surface area (TPSA) is 17.3 Å². The average molecular weight is 197 g/mol. The van der Waals surface area contributed by atoms with Gasteiger partial charge in [0.1, 0.15) is 0 Å². The lowest BCUT2D eigenvalue weighted by atomic mass is 9.95. The van der Waals surface area contributed by atoms with Crippen LogP contribution in [0.15, 0.2) is 0 Å². The molecule has 1 aliphatic carbocycles. The molecule has 1 rings (SSSR count). The van der Waals surface area contributed by atoms with Crippen LogP contribution < -0.4 is 5.43 Å². The molecule has 0 unspecified atom stereocenters. The third-order valence-corrected chi connectivity index (χ3v) is 2.95. The lowest BCUT2D eigenvalue weighted by Crippen LogP contribution is -2.42. The Bertz CT molecular complexity index is 130. The minimum absolute atomic E-state index is 0.759. The average Bonchev–Trinajstić information content (AvgIpc) is 2.25. The van der Waals surface area contributed by atoms with Gasteiger partial charge in [-0.15, -0.1) is 0 Å². The van der Waals surface area contributed by atoms with Gasteiger partial charge in [0, 0.05) is 19.1 Å². The summed E-state index contributed by atoms with van der Waals surface area (Å²) in [5, 5.41) is 2.38. The first kappa shape index (κ1) is 12.0. The minimum atomic E-state index is 0.759. The zero-order valence-electron chi connectivity index (χ0n) is 9.84. The second kappa shape index (κ2) is 7.24. The predicted molar refractivity (Wildman–Crippen MR) is 61.2 cm³/mol. The van der Waals surface area contributed by atoms with Crippen molar-refractivity contribution in [2.75, 3.05) is 13.1 Å². The summed E-state index contributed by atoms with van der Waals surface area (Å²) >= 11 is 0. The largest absolute Gasteiger partial charge is 0.224 e. The quantitative estimate of drug-likeness (QED) is 0.598. The number of rotatable bonds is 6. The molecule has 0 bridgehead atoms. The first-order valence-corrected chi connectivity index (χ1v) is 6.32. The molecular weight excluding hydrogens is 172 g/mol. The maximum Gasteiger partial charge on any atom is 0.0304 e. The van der Waals surface area contributed by atoms with Crippen LogP contribution in [0.4, 0.5) is 0 Å². The van der Waals surface area contributed by atoms with Crippen LogP contribution in [0, 0.1) is 0 Å². The highest BCUT2D eigenvalue weighted by Crippen LogP contribution is 2.21. The second-order valence-corrected chi connectivity index (χ2v) is 4.32. The fraction of sp³-hybridized carbons (Fsp3) is 1.00. The molecule has 0 amide bonds. The van der Waals surface area contributed by atoms with E-state index in [1.54, 1.807) is 0 Å². The van der Waals surface area contributed by atoms with E-state index in [4.69, 9.17) is 0 Å². The van der Waals surface area contributed by atoms with Gasteiger partial charge in [0.15, 0.2) is 0 Å². The zero-order valence-corrected chi connectivity index (χ0v) is 9.84. The van der Waals surface area contributed by atoms with Crippen LogP contribution in [0.3, 0.4) is 0 Å². The van der Waals surface area contributed by atoms with Crippen LogP contribution in [0.1, 0.15) is 58.8 Å². The van der Waals surface area contributed by atoms with Crippen molar-refractivity contribution in [2.45, 2.75) is 64.8 Å². The number of hydrogen-bond donors (Lipinski definition) is 0. The van der Waals surface area contributed by atoms with Crippen molar-refractivity contribution in [3.63, 3.8) is 0 Å². The molecule has 83 valence electrons. The Hall–Kier alpha value is -0.0800. The standard InChI is InChI=1S/C12H25N2/c1-3-10-13-14(11-4-2)12-8-6-5-7-9-12/h12H,3-11H2,1-2H3. The Morgan fingerprint density at radius 1 is 1.07 bits per heavy atom. The number of nitrogens with zero attached hydrogens (tertiary/aromatic N) is 2. The molecule has 2 nitrogen and oxygen atoms in total. The predicted octanol–water partition coefficient (Wildman–Crippen LogP) is 2.96. The summed E-state index contributed by atoms with van der Waals surface area (Å²) in [6, 6.07) is 0.759. The van der Waals surface area contributed by atoms with E-state index in [0.717, 1.165) is 19.1 Å². The summed E-state index contributed by atoms with van der Waals surface area (Å²) in [5.41, 5.74) is 4.69. The molecule has 1 saturated carbocycles. The molecule has 0 atom stereocenters. The summed E-state index contributed by atoms with van der Waals surface area (Å²) in [6.45, 7) is 6.62. The first-order valence-electron chi connectivity index (χ1n) is 6.32. The van der Waals surface area contributed by atoms with Gasteiger partial charge in [-0.05, 0) is 25.7 Å². The van der Waals surface area contributed by atoms with E-state index >= 15 is 0 Å². The third kappa shape index (κ3) is 3.97. The summed E-state index contributed by atoms with van der Waals surface area (Å²) in [4.78, 5) is 0. The third-order valence-electron chi connectivity index (χ3n) is 2.95. The van der Waals surface area contributed by atoms with Crippen molar-refractivity contribution in [1.82, 2.24) is 10.4 Å². The summed E-state index contributed by atoms with van der Waals surface area (Å²) in [5.74, 6) is 0. The van der Waals surface area contributed by atoms with Crippen LogP contribution in [0.2, 0.25) is 0 Å². The maximum atomic E-state index is 4.69. The summed E-state index contributed by atoms with van der Waals surface area (Å²) in [6.07, 6.45) is 9.39. The van der Waals surface area contributed by atoms with Crippen LogP contribution >= 0.6 is 0 Å². The Labute approximate surface area is 89.0 Å². The number of hydrogen-bond acceptors (Lipinski definition) is 1. The molecule has 0 aromatic rings. The highest BCUT2D eigenvalue weighted by Gasteiger charge is 2.20.